The molecule has 4 rings (SSSR count). The predicted molar refractivity (Wildman–Crippen MR) is 99.5 cm³/mol. The predicted octanol–water partition coefficient (Wildman–Crippen LogP) is 1.52. The average Bonchev–Trinajstić information content (AvgIpc) is 3.10. The molecule has 3 aromatic heterocycles. The quantitative estimate of drug-likeness (QED) is 0.768. The largest absolute Gasteiger partial charge is 0.368 e. The molecule has 0 atom stereocenters. The molecule has 1 aliphatic heterocycles. The second-order valence-corrected chi connectivity index (χ2v) is 6.24. The van der Waals surface area contributed by atoms with Crippen LogP contribution in [0.2, 0.25) is 0 Å². The van der Waals surface area contributed by atoms with Gasteiger partial charge in [-0.05, 0) is 30.8 Å². The van der Waals surface area contributed by atoms with Gasteiger partial charge in [0.1, 0.15) is 0 Å². The van der Waals surface area contributed by atoms with E-state index in [4.69, 9.17) is 0 Å². The normalized spacial score (nSPS) is 15.3. The number of pyridine rings is 2. The van der Waals surface area contributed by atoms with Crippen LogP contribution in [0.3, 0.4) is 0 Å². The Morgan fingerprint density at radius 2 is 2.04 bits per heavy atom. The van der Waals surface area contributed by atoms with Gasteiger partial charge in [0.15, 0.2) is 5.65 Å². The zero-order valence-corrected chi connectivity index (χ0v) is 14.7. The molecule has 0 radical (unpaired) electrons. The van der Waals surface area contributed by atoms with Gasteiger partial charge in [-0.15, -0.1) is 5.10 Å². The van der Waals surface area contributed by atoms with Crippen molar-refractivity contribution in [3.05, 3.63) is 48.4 Å². The van der Waals surface area contributed by atoms with Crippen LogP contribution < -0.4 is 10.2 Å². The first kappa shape index (κ1) is 16.5. The molecule has 0 bridgehead atoms. The van der Waals surface area contributed by atoms with Crippen LogP contribution in [0.5, 0.6) is 0 Å². The Morgan fingerprint density at radius 1 is 1.19 bits per heavy atom. The van der Waals surface area contributed by atoms with E-state index in [0.717, 1.165) is 38.4 Å². The van der Waals surface area contributed by atoms with Crippen molar-refractivity contribution in [2.24, 2.45) is 0 Å². The standard InChI is InChI=1S/C18H21N7O/c1-2-23-8-10-24(11-9-23)15-5-6-16-20-18(22-25(16)13-15)21-17(26)14-4-3-7-19-12-14/h3-7,12-13H,2,8-11H2,1H3,(H,21,22,26). The van der Waals surface area contributed by atoms with E-state index in [1.165, 1.54) is 6.20 Å². The number of fused-ring (bicyclic) bond motifs is 1. The Morgan fingerprint density at radius 3 is 2.77 bits per heavy atom. The molecule has 0 saturated carbocycles. The van der Waals surface area contributed by atoms with Crippen LogP contribution in [0.15, 0.2) is 42.9 Å². The number of carbonyl (C=O) groups is 1. The molecule has 0 unspecified atom stereocenters. The number of hydrogen-bond acceptors (Lipinski definition) is 6. The van der Waals surface area contributed by atoms with Crippen LogP contribution in [0, 0.1) is 0 Å². The molecular weight excluding hydrogens is 330 g/mol. The summed E-state index contributed by atoms with van der Waals surface area (Å²) >= 11 is 0. The van der Waals surface area contributed by atoms with Gasteiger partial charge in [0.05, 0.1) is 17.4 Å². The van der Waals surface area contributed by atoms with Crippen molar-refractivity contribution in [1.29, 1.82) is 0 Å². The van der Waals surface area contributed by atoms with Crippen molar-refractivity contribution in [3.8, 4) is 0 Å². The van der Waals surface area contributed by atoms with Gasteiger partial charge in [0.2, 0.25) is 5.95 Å². The number of aromatic nitrogens is 4. The zero-order chi connectivity index (χ0) is 17.9. The first-order valence-electron chi connectivity index (χ1n) is 8.78. The summed E-state index contributed by atoms with van der Waals surface area (Å²) in [5, 5.41) is 7.10. The van der Waals surface area contributed by atoms with Crippen molar-refractivity contribution in [3.63, 3.8) is 0 Å². The van der Waals surface area contributed by atoms with Crippen molar-refractivity contribution in [1.82, 2.24) is 24.5 Å². The number of amides is 1. The van der Waals surface area contributed by atoms with Crippen LogP contribution in [-0.2, 0) is 0 Å². The Bertz CT molecular complexity index is 900. The monoisotopic (exact) mass is 351 g/mol. The second kappa shape index (κ2) is 7.09. The van der Waals surface area contributed by atoms with Gasteiger partial charge >= 0.3 is 0 Å². The fourth-order valence-electron chi connectivity index (χ4n) is 3.11. The molecule has 1 aliphatic rings. The smallest absolute Gasteiger partial charge is 0.259 e. The highest BCUT2D eigenvalue weighted by Gasteiger charge is 2.17. The lowest BCUT2D eigenvalue weighted by Gasteiger charge is -2.35. The van der Waals surface area contributed by atoms with E-state index in [2.05, 4.69) is 43.2 Å². The van der Waals surface area contributed by atoms with Crippen molar-refractivity contribution < 1.29 is 4.79 Å². The fraction of sp³-hybridized carbons (Fsp3) is 0.333. The molecule has 1 N–H and O–H groups in total. The summed E-state index contributed by atoms with van der Waals surface area (Å²) in [4.78, 5) is 25.3. The Labute approximate surface area is 151 Å². The van der Waals surface area contributed by atoms with Crippen molar-refractivity contribution >= 4 is 23.2 Å². The minimum absolute atomic E-state index is 0.273. The van der Waals surface area contributed by atoms with Gasteiger partial charge in [0, 0.05) is 38.6 Å². The van der Waals surface area contributed by atoms with Gasteiger partial charge in [-0.2, -0.15) is 4.98 Å². The maximum Gasteiger partial charge on any atom is 0.259 e. The maximum absolute atomic E-state index is 12.2. The van der Waals surface area contributed by atoms with Gasteiger partial charge in [-0.25, -0.2) is 4.52 Å². The molecule has 134 valence electrons. The third-order valence-electron chi connectivity index (χ3n) is 4.65. The summed E-state index contributed by atoms with van der Waals surface area (Å²) < 4.78 is 1.71. The lowest BCUT2D eigenvalue weighted by Crippen LogP contribution is -2.46. The molecule has 1 fully saturated rings. The zero-order valence-electron chi connectivity index (χ0n) is 14.7. The summed E-state index contributed by atoms with van der Waals surface area (Å²) in [5.41, 5.74) is 2.28. The molecule has 8 heteroatoms. The summed E-state index contributed by atoms with van der Waals surface area (Å²) in [6.45, 7) is 7.42. The number of nitrogens with zero attached hydrogens (tertiary/aromatic N) is 6. The molecular formula is C18H21N7O. The average molecular weight is 351 g/mol. The van der Waals surface area contributed by atoms with E-state index >= 15 is 0 Å². The second-order valence-electron chi connectivity index (χ2n) is 6.24. The fourth-order valence-corrected chi connectivity index (χ4v) is 3.11. The molecule has 0 aromatic carbocycles. The van der Waals surface area contributed by atoms with E-state index in [0.29, 0.717) is 11.2 Å². The number of likely N-dealkylation sites (N-methyl/N-ethyl adjacent to an activating group) is 1. The molecule has 4 heterocycles. The molecule has 3 aromatic rings. The Kier molecular flexibility index (Phi) is 4.49. The highest BCUT2D eigenvalue weighted by molar-refractivity contribution is 6.03. The number of rotatable bonds is 4. The third kappa shape index (κ3) is 3.36. The number of piperazine rings is 1. The van der Waals surface area contributed by atoms with E-state index in [1.54, 1.807) is 22.8 Å². The molecule has 0 aliphatic carbocycles. The molecule has 8 nitrogen and oxygen atoms in total. The number of anilines is 2. The first-order chi connectivity index (χ1) is 12.7. The Balaban J connectivity index is 1.50. The number of hydrogen-bond donors (Lipinski definition) is 1. The number of carbonyl (C=O) groups excluding carboxylic acids is 1. The first-order valence-corrected chi connectivity index (χ1v) is 8.78. The van der Waals surface area contributed by atoms with Crippen LogP contribution in [-0.4, -0.2) is 63.1 Å². The van der Waals surface area contributed by atoms with E-state index in [9.17, 15) is 4.79 Å². The van der Waals surface area contributed by atoms with E-state index in [1.807, 2.05) is 12.3 Å². The van der Waals surface area contributed by atoms with Crippen LogP contribution in [0.25, 0.3) is 5.65 Å². The highest BCUT2D eigenvalue weighted by atomic mass is 16.1. The molecule has 0 spiro atoms. The van der Waals surface area contributed by atoms with Gasteiger partial charge < -0.3 is 9.80 Å². The maximum atomic E-state index is 12.2. The SMILES string of the molecule is CCN1CCN(c2ccc3nc(NC(=O)c4cccnc4)nn3c2)CC1. The molecule has 26 heavy (non-hydrogen) atoms. The summed E-state index contributed by atoms with van der Waals surface area (Å²) in [7, 11) is 0. The Hall–Kier alpha value is -3.00. The molecule has 1 saturated heterocycles. The summed E-state index contributed by atoms with van der Waals surface area (Å²) in [5.74, 6) is 0.0109. The lowest BCUT2D eigenvalue weighted by atomic mass is 10.3. The topological polar surface area (TPSA) is 78.7 Å². The van der Waals surface area contributed by atoms with E-state index in [-0.39, 0.29) is 11.9 Å². The van der Waals surface area contributed by atoms with Crippen molar-refractivity contribution in [2.75, 3.05) is 42.9 Å². The summed E-state index contributed by atoms with van der Waals surface area (Å²) in [6.07, 6.45) is 5.10. The number of nitrogens with one attached hydrogen (secondary N) is 1. The van der Waals surface area contributed by atoms with Crippen LogP contribution >= 0.6 is 0 Å². The van der Waals surface area contributed by atoms with Gasteiger partial charge in [-0.1, -0.05) is 6.92 Å². The van der Waals surface area contributed by atoms with Gasteiger partial charge in [-0.3, -0.25) is 15.1 Å². The lowest BCUT2D eigenvalue weighted by molar-refractivity contribution is 0.102. The van der Waals surface area contributed by atoms with Crippen LogP contribution in [0.1, 0.15) is 17.3 Å². The molecule has 1 amide bonds. The van der Waals surface area contributed by atoms with Crippen molar-refractivity contribution in [2.45, 2.75) is 6.92 Å². The van der Waals surface area contributed by atoms with Gasteiger partial charge in [0.25, 0.3) is 5.91 Å². The van der Waals surface area contributed by atoms with E-state index < -0.39 is 0 Å². The third-order valence-corrected chi connectivity index (χ3v) is 4.65. The van der Waals surface area contributed by atoms with Crippen LogP contribution in [0.4, 0.5) is 11.6 Å². The highest BCUT2D eigenvalue weighted by Crippen LogP contribution is 2.18. The minimum Gasteiger partial charge on any atom is -0.368 e. The summed E-state index contributed by atoms with van der Waals surface area (Å²) in [6, 6.07) is 7.40. The minimum atomic E-state index is -0.273.